The second-order valence-corrected chi connectivity index (χ2v) is 7.09. The summed E-state index contributed by atoms with van der Waals surface area (Å²) in [7, 11) is 1.57. The molecule has 3 aromatic carbocycles. The van der Waals surface area contributed by atoms with E-state index in [9.17, 15) is 4.79 Å². The number of ether oxygens (including phenoxy) is 1. The lowest BCUT2D eigenvalue weighted by molar-refractivity contribution is 0.102. The van der Waals surface area contributed by atoms with Gasteiger partial charge in [-0.3, -0.25) is 4.79 Å². The zero-order valence-electron chi connectivity index (χ0n) is 16.3. The third-order valence-electron chi connectivity index (χ3n) is 4.54. The number of halogens is 1. The molecule has 4 aromatic rings. The fourth-order valence-corrected chi connectivity index (χ4v) is 3.00. The number of hydrogen-bond donors (Lipinski definition) is 1. The first-order chi connectivity index (χ1) is 14.5. The maximum Gasteiger partial charge on any atom is 0.255 e. The van der Waals surface area contributed by atoms with Gasteiger partial charge < -0.3 is 14.5 Å². The van der Waals surface area contributed by atoms with Gasteiger partial charge in [0.05, 0.1) is 18.4 Å². The molecule has 0 aliphatic carbocycles. The molecule has 0 bridgehead atoms. The average Bonchev–Trinajstić information content (AvgIpc) is 3.25. The number of amides is 1. The number of nitrogens with zero attached hydrogens (tertiary/aromatic N) is 2. The third-order valence-corrected chi connectivity index (χ3v) is 4.79. The van der Waals surface area contributed by atoms with Gasteiger partial charge in [0.15, 0.2) is 0 Å². The molecule has 7 heteroatoms. The van der Waals surface area contributed by atoms with Gasteiger partial charge in [0, 0.05) is 16.1 Å². The zero-order valence-corrected chi connectivity index (χ0v) is 17.1. The van der Waals surface area contributed by atoms with Crippen LogP contribution in [0.4, 0.5) is 5.69 Å². The van der Waals surface area contributed by atoms with Crippen molar-refractivity contribution in [2.24, 2.45) is 0 Å². The van der Waals surface area contributed by atoms with Crippen LogP contribution < -0.4 is 10.1 Å². The van der Waals surface area contributed by atoms with Gasteiger partial charge in [0.1, 0.15) is 5.75 Å². The van der Waals surface area contributed by atoms with Crippen molar-refractivity contribution in [3.05, 3.63) is 82.9 Å². The van der Waals surface area contributed by atoms with E-state index in [1.54, 1.807) is 61.7 Å². The Hall–Kier alpha value is -3.64. The Labute approximate surface area is 178 Å². The Kier molecular flexibility index (Phi) is 5.50. The van der Waals surface area contributed by atoms with Crippen LogP contribution in [-0.4, -0.2) is 23.2 Å². The van der Waals surface area contributed by atoms with Crippen LogP contribution in [0.5, 0.6) is 5.75 Å². The number of carbonyl (C=O) groups is 1. The fourth-order valence-electron chi connectivity index (χ4n) is 2.88. The predicted molar refractivity (Wildman–Crippen MR) is 116 cm³/mol. The Morgan fingerprint density at radius 1 is 0.967 bits per heavy atom. The summed E-state index contributed by atoms with van der Waals surface area (Å²) in [5.41, 5.74) is 3.47. The van der Waals surface area contributed by atoms with Crippen molar-refractivity contribution in [1.29, 1.82) is 0 Å². The summed E-state index contributed by atoms with van der Waals surface area (Å²) in [5, 5.41) is 11.8. The van der Waals surface area contributed by atoms with Crippen molar-refractivity contribution in [1.82, 2.24) is 10.2 Å². The molecule has 0 spiro atoms. The first-order valence-corrected chi connectivity index (χ1v) is 9.57. The van der Waals surface area contributed by atoms with Gasteiger partial charge in [-0.15, -0.1) is 10.2 Å². The number of aromatic nitrogens is 2. The second kappa shape index (κ2) is 8.39. The van der Waals surface area contributed by atoms with E-state index in [2.05, 4.69) is 15.5 Å². The van der Waals surface area contributed by atoms with Crippen molar-refractivity contribution in [2.45, 2.75) is 6.92 Å². The van der Waals surface area contributed by atoms with E-state index >= 15 is 0 Å². The molecule has 1 aromatic heterocycles. The molecule has 0 fully saturated rings. The van der Waals surface area contributed by atoms with Gasteiger partial charge in [-0.2, -0.15) is 0 Å². The van der Waals surface area contributed by atoms with E-state index in [4.69, 9.17) is 20.8 Å². The molecule has 0 radical (unpaired) electrons. The van der Waals surface area contributed by atoms with Crippen molar-refractivity contribution in [2.75, 3.05) is 12.4 Å². The predicted octanol–water partition coefficient (Wildman–Crippen LogP) is 5.63. The Balaban J connectivity index is 1.68. The van der Waals surface area contributed by atoms with E-state index in [1.807, 2.05) is 19.1 Å². The minimum atomic E-state index is -0.237. The van der Waals surface area contributed by atoms with E-state index in [0.717, 1.165) is 11.1 Å². The molecule has 30 heavy (non-hydrogen) atoms. The van der Waals surface area contributed by atoms with Gasteiger partial charge in [-0.1, -0.05) is 29.3 Å². The average molecular weight is 420 g/mol. The molecule has 0 unspecified atom stereocenters. The van der Waals surface area contributed by atoms with E-state index in [1.165, 1.54) is 0 Å². The number of nitrogens with one attached hydrogen (secondary N) is 1. The fraction of sp³-hybridized carbons (Fsp3) is 0.0870. The molecule has 0 saturated heterocycles. The van der Waals surface area contributed by atoms with Crippen molar-refractivity contribution in [3.8, 4) is 28.7 Å². The molecule has 0 atom stereocenters. The topological polar surface area (TPSA) is 77.2 Å². The normalized spacial score (nSPS) is 10.6. The molecule has 0 aliphatic heterocycles. The summed E-state index contributed by atoms with van der Waals surface area (Å²) in [5.74, 6) is 0.974. The summed E-state index contributed by atoms with van der Waals surface area (Å²) in [6, 6.07) is 19.7. The van der Waals surface area contributed by atoms with Crippen LogP contribution in [0.1, 0.15) is 15.9 Å². The Morgan fingerprint density at radius 3 is 2.37 bits per heavy atom. The Morgan fingerprint density at radius 2 is 1.67 bits per heavy atom. The molecule has 1 N–H and O–H groups in total. The molecule has 1 amide bonds. The van der Waals surface area contributed by atoms with Crippen LogP contribution in [0.2, 0.25) is 5.02 Å². The largest absolute Gasteiger partial charge is 0.497 e. The van der Waals surface area contributed by atoms with Crippen molar-refractivity contribution in [3.63, 3.8) is 0 Å². The molecule has 150 valence electrons. The first kappa shape index (κ1) is 19.7. The highest BCUT2D eigenvalue weighted by atomic mass is 35.5. The molecular formula is C23H18ClN3O3. The maximum atomic E-state index is 12.7. The van der Waals surface area contributed by atoms with Crippen LogP contribution in [0.25, 0.3) is 22.9 Å². The number of methoxy groups -OCH3 is 1. The summed E-state index contributed by atoms with van der Waals surface area (Å²) >= 11 is 5.94. The quantitative estimate of drug-likeness (QED) is 0.453. The third kappa shape index (κ3) is 4.18. The van der Waals surface area contributed by atoms with Gasteiger partial charge in [-0.05, 0) is 61.5 Å². The van der Waals surface area contributed by atoms with E-state index < -0.39 is 0 Å². The van der Waals surface area contributed by atoms with Gasteiger partial charge in [0.25, 0.3) is 5.91 Å². The zero-order chi connectivity index (χ0) is 21.1. The van der Waals surface area contributed by atoms with E-state index in [0.29, 0.717) is 33.5 Å². The molecular weight excluding hydrogens is 402 g/mol. The highest BCUT2D eigenvalue weighted by Gasteiger charge is 2.17. The minimum Gasteiger partial charge on any atom is -0.497 e. The SMILES string of the molecule is COc1ccc(NC(=O)c2ccc(C)cc2)c(-c2nnc(-c3ccc(Cl)cc3)o2)c1. The lowest BCUT2D eigenvalue weighted by Crippen LogP contribution is -2.12. The number of anilines is 1. The van der Waals surface area contributed by atoms with Crippen molar-refractivity contribution >= 4 is 23.2 Å². The van der Waals surface area contributed by atoms with Crippen LogP contribution in [0, 0.1) is 6.92 Å². The molecule has 4 rings (SSSR count). The van der Waals surface area contributed by atoms with Crippen LogP contribution in [0.3, 0.4) is 0 Å². The molecule has 1 heterocycles. The standard InChI is InChI=1S/C23H18ClN3O3/c1-14-3-5-15(6-4-14)21(28)25-20-12-11-18(29-2)13-19(20)23-27-26-22(30-23)16-7-9-17(24)10-8-16/h3-13H,1-2H3,(H,25,28). The number of aryl methyl sites for hydroxylation is 1. The summed E-state index contributed by atoms with van der Waals surface area (Å²) in [6.07, 6.45) is 0. The maximum absolute atomic E-state index is 12.7. The molecule has 6 nitrogen and oxygen atoms in total. The van der Waals surface area contributed by atoms with Gasteiger partial charge >= 0.3 is 0 Å². The van der Waals surface area contributed by atoms with Crippen LogP contribution in [-0.2, 0) is 0 Å². The molecule has 0 saturated carbocycles. The highest BCUT2D eigenvalue weighted by molar-refractivity contribution is 6.30. The van der Waals surface area contributed by atoms with Crippen LogP contribution >= 0.6 is 11.6 Å². The highest BCUT2D eigenvalue weighted by Crippen LogP contribution is 2.33. The lowest BCUT2D eigenvalue weighted by Gasteiger charge is -2.11. The minimum absolute atomic E-state index is 0.237. The monoisotopic (exact) mass is 419 g/mol. The number of rotatable bonds is 5. The number of hydrogen-bond acceptors (Lipinski definition) is 5. The van der Waals surface area contributed by atoms with Gasteiger partial charge in [0.2, 0.25) is 11.8 Å². The summed E-state index contributed by atoms with van der Waals surface area (Å²) < 4.78 is 11.2. The summed E-state index contributed by atoms with van der Waals surface area (Å²) in [6.45, 7) is 1.97. The molecule has 0 aliphatic rings. The summed E-state index contributed by atoms with van der Waals surface area (Å²) in [4.78, 5) is 12.7. The number of carbonyl (C=O) groups excluding carboxylic acids is 1. The first-order valence-electron chi connectivity index (χ1n) is 9.19. The van der Waals surface area contributed by atoms with Crippen LogP contribution in [0.15, 0.2) is 71.1 Å². The van der Waals surface area contributed by atoms with Crippen molar-refractivity contribution < 1.29 is 13.9 Å². The Bertz CT molecular complexity index is 1190. The second-order valence-electron chi connectivity index (χ2n) is 6.65. The smallest absolute Gasteiger partial charge is 0.255 e. The van der Waals surface area contributed by atoms with Gasteiger partial charge in [-0.25, -0.2) is 0 Å². The lowest BCUT2D eigenvalue weighted by atomic mass is 10.1. The van der Waals surface area contributed by atoms with E-state index in [-0.39, 0.29) is 11.8 Å². The number of benzene rings is 3.